The molecule has 1 heterocycles. The number of hydrogen-bond acceptors (Lipinski definition) is 2. The highest BCUT2D eigenvalue weighted by atomic mass is 32.1. The third kappa shape index (κ3) is 2.12. The summed E-state index contributed by atoms with van der Waals surface area (Å²) in [6.45, 7) is 2.14. The lowest BCUT2D eigenvalue weighted by molar-refractivity contribution is 0.284. The summed E-state index contributed by atoms with van der Waals surface area (Å²) in [5.41, 5.74) is 2.59. The van der Waals surface area contributed by atoms with Gasteiger partial charge in [0.2, 0.25) is 0 Å². The van der Waals surface area contributed by atoms with Gasteiger partial charge in [0.25, 0.3) is 0 Å². The van der Waals surface area contributed by atoms with Crippen LogP contribution in [0.4, 0.5) is 0 Å². The molecule has 2 nitrogen and oxygen atoms in total. The Labute approximate surface area is 118 Å². The highest BCUT2D eigenvalue weighted by Crippen LogP contribution is 2.47. The predicted octanol–water partition coefficient (Wildman–Crippen LogP) is 4.17. The fraction of sp³-hybridized carbons (Fsp3) is 0.375. The quantitative estimate of drug-likeness (QED) is 0.848. The molecule has 19 heavy (non-hydrogen) atoms. The lowest BCUT2D eigenvalue weighted by atomic mass is 9.64. The molecule has 0 saturated heterocycles. The molecule has 1 saturated carbocycles. The average molecular weight is 270 g/mol. The minimum Gasteiger partial charge on any atom is -0.346 e. The maximum atomic E-state index is 5.31. The smallest absolute Gasteiger partial charge is 0.130 e. The van der Waals surface area contributed by atoms with E-state index in [-0.39, 0.29) is 5.41 Å². The number of nitrogens with zero attached hydrogens (tertiary/aromatic N) is 1. The Morgan fingerprint density at radius 1 is 1.26 bits per heavy atom. The van der Waals surface area contributed by atoms with Crippen LogP contribution in [0.15, 0.2) is 36.4 Å². The second kappa shape index (κ2) is 4.89. The zero-order valence-corrected chi connectivity index (χ0v) is 12.0. The Morgan fingerprint density at radius 3 is 2.58 bits per heavy atom. The fourth-order valence-electron chi connectivity index (χ4n) is 2.87. The fourth-order valence-corrected chi connectivity index (χ4v) is 3.11. The number of benzene rings is 1. The van der Waals surface area contributed by atoms with Gasteiger partial charge in [-0.15, -0.1) is 0 Å². The SMILES string of the molecule is CCc1cc(=S)nc(C2(c3ccccc3)CCC2)[nH]1. The molecule has 1 N–H and O–H groups in total. The molecule has 0 radical (unpaired) electrons. The van der Waals surface area contributed by atoms with Gasteiger partial charge in [-0.3, -0.25) is 0 Å². The van der Waals surface area contributed by atoms with Crippen molar-refractivity contribution in [3.8, 4) is 0 Å². The summed E-state index contributed by atoms with van der Waals surface area (Å²) in [6, 6.07) is 12.7. The Hall–Kier alpha value is -1.48. The molecule has 0 atom stereocenters. The number of aromatic nitrogens is 2. The van der Waals surface area contributed by atoms with Crippen molar-refractivity contribution in [2.75, 3.05) is 0 Å². The van der Waals surface area contributed by atoms with E-state index in [1.165, 1.54) is 17.7 Å². The maximum absolute atomic E-state index is 5.31. The van der Waals surface area contributed by atoms with Crippen molar-refractivity contribution in [2.24, 2.45) is 0 Å². The summed E-state index contributed by atoms with van der Waals surface area (Å²) >= 11 is 5.31. The van der Waals surface area contributed by atoms with Crippen LogP contribution in [0.5, 0.6) is 0 Å². The van der Waals surface area contributed by atoms with Crippen LogP contribution in [0.3, 0.4) is 0 Å². The standard InChI is InChI=1S/C16H18N2S/c1-2-13-11-14(19)18-15(17-13)16(9-6-10-16)12-7-4-3-5-8-12/h3-5,7-8,11H,2,6,9-10H2,1H3,(H,17,18,19). The molecule has 1 aromatic carbocycles. The molecule has 1 fully saturated rings. The van der Waals surface area contributed by atoms with Gasteiger partial charge in [-0.05, 0) is 30.9 Å². The number of hydrogen-bond donors (Lipinski definition) is 1. The first-order valence-corrected chi connectivity index (χ1v) is 7.32. The Morgan fingerprint density at radius 2 is 2.00 bits per heavy atom. The summed E-state index contributed by atoms with van der Waals surface area (Å²) in [7, 11) is 0. The Balaban J connectivity index is 2.13. The number of nitrogens with one attached hydrogen (secondary N) is 1. The zero-order valence-electron chi connectivity index (χ0n) is 11.1. The van der Waals surface area contributed by atoms with Crippen molar-refractivity contribution in [3.05, 3.63) is 58.1 Å². The highest BCUT2D eigenvalue weighted by Gasteiger charge is 2.42. The van der Waals surface area contributed by atoms with Gasteiger partial charge in [-0.1, -0.05) is 55.9 Å². The topological polar surface area (TPSA) is 28.7 Å². The average Bonchev–Trinajstić information content (AvgIpc) is 2.38. The number of aryl methyl sites for hydroxylation is 1. The van der Waals surface area contributed by atoms with Crippen LogP contribution in [0.2, 0.25) is 0 Å². The Kier molecular flexibility index (Phi) is 3.23. The van der Waals surface area contributed by atoms with Gasteiger partial charge < -0.3 is 4.98 Å². The first kappa shape index (κ1) is 12.5. The molecule has 0 amide bonds. The van der Waals surface area contributed by atoms with Gasteiger partial charge in [0.05, 0.1) is 5.41 Å². The van der Waals surface area contributed by atoms with Crippen molar-refractivity contribution >= 4 is 12.2 Å². The monoisotopic (exact) mass is 270 g/mol. The van der Waals surface area contributed by atoms with E-state index in [1.807, 2.05) is 6.07 Å². The molecule has 2 aromatic rings. The van der Waals surface area contributed by atoms with E-state index < -0.39 is 0 Å². The molecule has 3 heteroatoms. The van der Waals surface area contributed by atoms with Crippen LogP contribution >= 0.6 is 12.2 Å². The van der Waals surface area contributed by atoms with Gasteiger partial charge in [0, 0.05) is 5.69 Å². The third-order valence-electron chi connectivity index (χ3n) is 4.17. The van der Waals surface area contributed by atoms with Gasteiger partial charge in [-0.2, -0.15) is 0 Å². The molecule has 98 valence electrons. The minimum atomic E-state index is 0.0556. The first-order chi connectivity index (χ1) is 9.24. The van der Waals surface area contributed by atoms with E-state index in [0.717, 1.165) is 25.1 Å². The van der Waals surface area contributed by atoms with Crippen LogP contribution in [-0.2, 0) is 11.8 Å². The van der Waals surface area contributed by atoms with Crippen molar-refractivity contribution in [3.63, 3.8) is 0 Å². The van der Waals surface area contributed by atoms with Gasteiger partial charge >= 0.3 is 0 Å². The largest absolute Gasteiger partial charge is 0.346 e. The summed E-state index contributed by atoms with van der Waals surface area (Å²) < 4.78 is 0.702. The number of aromatic amines is 1. The van der Waals surface area contributed by atoms with Crippen LogP contribution in [0.1, 0.15) is 43.3 Å². The molecule has 1 aliphatic rings. The van der Waals surface area contributed by atoms with Crippen molar-refractivity contribution in [1.29, 1.82) is 0 Å². The second-order valence-electron chi connectivity index (χ2n) is 5.25. The zero-order chi connectivity index (χ0) is 13.3. The minimum absolute atomic E-state index is 0.0556. The molecule has 0 unspecified atom stereocenters. The number of H-pyrrole nitrogens is 1. The van der Waals surface area contributed by atoms with E-state index >= 15 is 0 Å². The molecular formula is C16H18N2S. The van der Waals surface area contributed by atoms with E-state index in [2.05, 4.69) is 47.2 Å². The summed E-state index contributed by atoms with van der Waals surface area (Å²) in [5.74, 6) is 1.05. The molecule has 1 aliphatic carbocycles. The Bertz CT molecular complexity index is 627. The molecule has 3 rings (SSSR count). The van der Waals surface area contributed by atoms with Crippen molar-refractivity contribution in [1.82, 2.24) is 9.97 Å². The lowest BCUT2D eigenvalue weighted by Crippen LogP contribution is -2.37. The summed E-state index contributed by atoms with van der Waals surface area (Å²) in [4.78, 5) is 8.11. The van der Waals surface area contributed by atoms with E-state index in [1.54, 1.807) is 0 Å². The van der Waals surface area contributed by atoms with Crippen molar-refractivity contribution in [2.45, 2.75) is 38.0 Å². The van der Waals surface area contributed by atoms with E-state index in [0.29, 0.717) is 4.64 Å². The predicted molar refractivity (Wildman–Crippen MR) is 79.9 cm³/mol. The number of rotatable bonds is 3. The van der Waals surface area contributed by atoms with Crippen LogP contribution < -0.4 is 0 Å². The van der Waals surface area contributed by atoms with Gasteiger partial charge in [0.15, 0.2) is 0 Å². The van der Waals surface area contributed by atoms with Gasteiger partial charge in [0.1, 0.15) is 10.5 Å². The van der Waals surface area contributed by atoms with Crippen LogP contribution in [0.25, 0.3) is 0 Å². The third-order valence-corrected chi connectivity index (χ3v) is 4.38. The highest BCUT2D eigenvalue weighted by molar-refractivity contribution is 7.71. The van der Waals surface area contributed by atoms with Crippen LogP contribution in [0, 0.1) is 4.64 Å². The molecule has 0 bridgehead atoms. The molecule has 1 aromatic heterocycles. The summed E-state index contributed by atoms with van der Waals surface area (Å²) in [6.07, 6.45) is 4.53. The lowest BCUT2D eigenvalue weighted by Gasteiger charge is -2.41. The van der Waals surface area contributed by atoms with E-state index in [4.69, 9.17) is 12.2 Å². The molecular weight excluding hydrogens is 252 g/mol. The molecule has 0 spiro atoms. The normalized spacial score (nSPS) is 16.9. The summed E-state index contributed by atoms with van der Waals surface area (Å²) in [5, 5.41) is 0. The van der Waals surface area contributed by atoms with E-state index in [9.17, 15) is 0 Å². The van der Waals surface area contributed by atoms with Crippen molar-refractivity contribution < 1.29 is 0 Å². The second-order valence-corrected chi connectivity index (χ2v) is 5.67. The maximum Gasteiger partial charge on any atom is 0.130 e. The molecule has 0 aliphatic heterocycles. The first-order valence-electron chi connectivity index (χ1n) is 6.91. The van der Waals surface area contributed by atoms with Crippen LogP contribution in [-0.4, -0.2) is 9.97 Å². The van der Waals surface area contributed by atoms with Gasteiger partial charge in [-0.25, -0.2) is 4.98 Å².